The fraction of sp³-hybridized carbons (Fsp3) is 0.571. The zero-order chi connectivity index (χ0) is 15.3. The molecule has 0 atom stereocenters. The number of anilines is 1. The molecule has 0 bridgehead atoms. The van der Waals surface area contributed by atoms with Crippen LogP contribution in [-0.2, 0) is 10.0 Å². The van der Waals surface area contributed by atoms with Crippen LogP contribution in [-0.4, -0.2) is 45.3 Å². The minimum absolute atomic E-state index is 0.205. The summed E-state index contributed by atoms with van der Waals surface area (Å²) < 4.78 is 26.1. The molecular formula is C14H23ClN2O2S. The fourth-order valence-corrected chi connectivity index (χ4v) is 3.21. The Morgan fingerprint density at radius 3 is 2.30 bits per heavy atom. The molecule has 4 nitrogen and oxygen atoms in total. The van der Waals surface area contributed by atoms with E-state index in [1.807, 2.05) is 26.0 Å². The average Bonchev–Trinajstić information content (AvgIpc) is 2.39. The van der Waals surface area contributed by atoms with E-state index in [-0.39, 0.29) is 6.04 Å². The summed E-state index contributed by atoms with van der Waals surface area (Å²) in [6.07, 6.45) is 0.816. The molecule has 0 radical (unpaired) electrons. The lowest BCUT2D eigenvalue weighted by Gasteiger charge is -2.31. The Morgan fingerprint density at radius 2 is 1.80 bits per heavy atom. The minimum atomic E-state index is -3.45. The number of benzene rings is 1. The van der Waals surface area contributed by atoms with Gasteiger partial charge >= 0.3 is 0 Å². The van der Waals surface area contributed by atoms with Gasteiger partial charge in [0, 0.05) is 32.6 Å². The van der Waals surface area contributed by atoms with Crippen LogP contribution in [0.2, 0.25) is 0 Å². The first-order chi connectivity index (χ1) is 9.32. The molecule has 1 rings (SSSR count). The zero-order valence-corrected chi connectivity index (χ0v) is 14.1. The second kappa shape index (κ2) is 7.29. The molecule has 1 aromatic carbocycles. The maximum absolute atomic E-state index is 12.4. The number of para-hydroxylation sites is 1. The second-order valence-corrected chi connectivity index (χ2v) is 7.58. The van der Waals surface area contributed by atoms with Gasteiger partial charge in [-0.15, -0.1) is 11.6 Å². The average molecular weight is 319 g/mol. The Morgan fingerprint density at radius 1 is 1.20 bits per heavy atom. The molecule has 6 heteroatoms. The van der Waals surface area contributed by atoms with E-state index in [0.29, 0.717) is 10.8 Å². The topological polar surface area (TPSA) is 40.6 Å². The molecule has 0 amide bonds. The van der Waals surface area contributed by atoms with E-state index in [9.17, 15) is 8.42 Å². The molecule has 1 aromatic rings. The van der Waals surface area contributed by atoms with Gasteiger partial charge in [-0.1, -0.05) is 12.1 Å². The van der Waals surface area contributed by atoms with Crippen molar-refractivity contribution in [1.82, 2.24) is 4.31 Å². The summed E-state index contributed by atoms with van der Waals surface area (Å²) in [5, 5.41) is 0. The minimum Gasteiger partial charge on any atom is -0.368 e. The predicted octanol–water partition coefficient (Wildman–Crippen LogP) is 2.78. The summed E-state index contributed by atoms with van der Waals surface area (Å²) >= 11 is 5.76. The van der Waals surface area contributed by atoms with Gasteiger partial charge in [-0.05, 0) is 32.4 Å². The van der Waals surface area contributed by atoms with Gasteiger partial charge in [-0.3, -0.25) is 0 Å². The predicted molar refractivity (Wildman–Crippen MR) is 85.1 cm³/mol. The van der Waals surface area contributed by atoms with E-state index >= 15 is 0 Å². The lowest BCUT2D eigenvalue weighted by molar-refractivity contribution is 0.520. The molecule has 20 heavy (non-hydrogen) atoms. The van der Waals surface area contributed by atoms with Crippen LogP contribution in [0, 0.1) is 0 Å². The van der Waals surface area contributed by atoms with Crippen molar-refractivity contribution < 1.29 is 8.42 Å². The summed E-state index contributed by atoms with van der Waals surface area (Å²) in [5.41, 5.74) is 0.737. The molecule has 0 spiro atoms. The summed E-state index contributed by atoms with van der Waals surface area (Å²) in [6, 6.07) is 7.32. The number of alkyl halides is 1. The molecule has 0 fully saturated rings. The molecule has 0 saturated heterocycles. The third-order valence-corrected chi connectivity index (χ3v) is 5.22. The van der Waals surface area contributed by atoms with Gasteiger partial charge in [0.1, 0.15) is 4.90 Å². The highest BCUT2D eigenvalue weighted by atomic mass is 35.5. The number of hydrogen-bond donors (Lipinski definition) is 0. The Labute approximate surface area is 127 Å². The van der Waals surface area contributed by atoms with Crippen molar-refractivity contribution in [1.29, 1.82) is 0 Å². The van der Waals surface area contributed by atoms with Gasteiger partial charge in [-0.2, -0.15) is 0 Å². The number of halogens is 1. The fourth-order valence-electron chi connectivity index (χ4n) is 2.00. The van der Waals surface area contributed by atoms with E-state index in [1.54, 1.807) is 26.2 Å². The number of rotatable bonds is 7. The highest BCUT2D eigenvalue weighted by Crippen LogP contribution is 2.28. The highest BCUT2D eigenvalue weighted by molar-refractivity contribution is 7.89. The molecule has 0 aliphatic carbocycles. The third kappa shape index (κ3) is 3.87. The molecular weight excluding hydrogens is 296 g/mol. The number of hydrogen-bond acceptors (Lipinski definition) is 3. The van der Waals surface area contributed by atoms with Crippen LogP contribution in [0.3, 0.4) is 0 Å². The maximum Gasteiger partial charge on any atom is 0.244 e. The van der Waals surface area contributed by atoms with Gasteiger partial charge in [0.2, 0.25) is 10.0 Å². The Hall–Kier alpha value is -0.780. The van der Waals surface area contributed by atoms with E-state index in [0.717, 1.165) is 18.7 Å². The molecule has 0 heterocycles. The van der Waals surface area contributed by atoms with E-state index < -0.39 is 10.0 Å². The van der Waals surface area contributed by atoms with Crippen LogP contribution in [0.1, 0.15) is 20.3 Å². The summed E-state index contributed by atoms with van der Waals surface area (Å²) in [7, 11) is -0.360. The SMILES string of the molecule is CC(C)N(CCCCl)c1ccccc1S(=O)(=O)N(C)C. The van der Waals surface area contributed by atoms with Crippen LogP contribution < -0.4 is 4.90 Å². The maximum atomic E-state index is 12.4. The Bertz CT molecular complexity index is 530. The Balaban J connectivity index is 3.30. The molecule has 0 aliphatic rings. The van der Waals surface area contributed by atoms with Crippen LogP contribution in [0.15, 0.2) is 29.2 Å². The molecule has 0 N–H and O–H groups in total. The highest BCUT2D eigenvalue weighted by Gasteiger charge is 2.24. The summed E-state index contributed by atoms with van der Waals surface area (Å²) in [6.45, 7) is 4.84. The van der Waals surface area contributed by atoms with Crippen molar-refractivity contribution in [2.24, 2.45) is 0 Å². The summed E-state index contributed by atoms with van der Waals surface area (Å²) in [5.74, 6) is 0.561. The first-order valence-corrected chi connectivity index (χ1v) is 8.64. The Kier molecular flexibility index (Phi) is 6.30. The van der Waals surface area contributed by atoms with Gasteiger partial charge in [0.25, 0.3) is 0 Å². The summed E-state index contributed by atoms with van der Waals surface area (Å²) in [4.78, 5) is 2.42. The van der Waals surface area contributed by atoms with Crippen molar-refractivity contribution in [2.45, 2.75) is 31.2 Å². The van der Waals surface area contributed by atoms with E-state index in [2.05, 4.69) is 4.90 Å². The lowest BCUT2D eigenvalue weighted by atomic mass is 10.2. The molecule has 114 valence electrons. The largest absolute Gasteiger partial charge is 0.368 e. The van der Waals surface area contributed by atoms with Crippen LogP contribution in [0.4, 0.5) is 5.69 Å². The van der Waals surface area contributed by atoms with Gasteiger partial charge in [-0.25, -0.2) is 12.7 Å². The van der Waals surface area contributed by atoms with Crippen LogP contribution >= 0.6 is 11.6 Å². The van der Waals surface area contributed by atoms with E-state index in [4.69, 9.17) is 11.6 Å². The van der Waals surface area contributed by atoms with Gasteiger partial charge < -0.3 is 4.90 Å². The standard InChI is InChI=1S/C14H23ClN2O2S/c1-12(2)17(11-7-10-15)13-8-5-6-9-14(13)20(18,19)16(3)4/h5-6,8-9,12H,7,10-11H2,1-4H3. The zero-order valence-electron chi connectivity index (χ0n) is 12.5. The van der Waals surface area contributed by atoms with Gasteiger partial charge in [0.15, 0.2) is 0 Å². The van der Waals surface area contributed by atoms with Crippen LogP contribution in [0.25, 0.3) is 0 Å². The van der Waals surface area contributed by atoms with Gasteiger partial charge in [0.05, 0.1) is 5.69 Å². The molecule has 0 aromatic heterocycles. The molecule has 0 unspecified atom stereocenters. The van der Waals surface area contributed by atoms with Crippen molar-refractivity contribution in [2.75, 3.05) is 31.4 Å². The first-order valence-electron chi connectivity index (χ1n) is 6.66. The van der Waals surface area contributed by atoms with Crippen molar-refractivity contribution in [3.05, 3.63) is 24.3 Å². The van der Waals surface area contributed by atoms with E-state index in [1.165, 1.54) is 4.31 Å². The second-order valence-electron chi connectivity index (χ2n) is 5.08. The number of sulfonamides is 1. The monoisotopic (exact) mass is 318 g/mol. The molecule has 0 aliphatic heterocycles. The normalized spacial score (nSPS) is 12.2. The quantitative estimate of drug-likeness (QED) is 0.726. The van der Waals surface area contributed by atoms with Crippen molar-refractivity contribution in [3.8, 4) is 0 Å². The molecule has 0 saturated carbocycles. The lowest BCUT2D eigenvalue weighted by Crippen LogP contribution is -2.34. The number of nitrogens with zero attached hydrogens (tertiary/aromatic N) is 2. The smallest absolute Gasteiger partial charge is 0.244 e. The van der Waals surface area contributed by atoms with Crippen LogP contribution in [0.5, 0.6) is 0 Å². The first kappa shape index (κ1) is 17.3. The van der Waals surface area contributed by atoms with Crippen molar-refractivity contribution in [3.63, 3.8) is 0 Å². The third-order valence-electron chi connectivity index (χ3n) is 3.09. The van der Waals surface area contributed by atoms with Crippen molar-refractivity contribution >= 4 is 27.3 Å².